The molecule has 0 radical (unpaired) electrons. The Balaban J connectivity index is 3.11. The number of nitrogens with zero attached hydrogens (tertiary/aromatic N) is 1. The van der Waals surface area contributed by atoms with E-state index in [4.69, 9.17) is 4.52 Å². The molecule has 12 heavy (non-hydrogen) atoms. The van der Waals surface area contributed by atoms with E-state index < -0.39 is 0 Å². The van der Waals surface area contributed by atoms with Crippen molar-refractivity contribution in [1.29, 1.82) is 0 Å². The van der Waals surface area contributed by atoms with Crippen molar-refractivity contribution in [2.24, 2.45) is 0 Å². The highest BCUT2D eigenvalue weighted by Crippen LogP contribution is 2.30. The summed E-state index contributed by atoms with van der Waals surface area (Å²) in [7, 11) is 0. The molecule has 0 aromatic carbocycles. The Bertz CT molecular complexity index is 273. The van der Waals surface area contributed by atoms with E-state index >= 15 is 0 Å². The second kappa shape index (κ2) is 3.13. The van der Waals surface area contributed by atoms with E-state index in [-0.39, 0.29) is 5.41 Å². The maximum absolute atomic E-state index is 5.28. The molecule has 0 atom stereocenters. The van der Waals surface area contributed by atoms with Gasteiger partial charge in [0.25, 0.3) is 0 Å². The van der Waals surface area contributed by atoms with Crippen molar-refractivity contribution in [3.63, 3.8) is 0 Å². The maximum Gasteiger partial charge on any atom is 0.146 e. The molecule has 1 heterocycles. The lowest BCUT2D eigenvalue weighted by Gasteiger charge is -2.14. The molecule has 0 bridgehead atoms. The fourth-order valence-corrected chi connectivity index (χ4v) is 1.72. The molecule has 3 heteroatoms. The van der Waals surface area contributed by atoms with E-state index in [0.29, 0.717) is 0 Å². The van der Waals surface area contributed by atoms with E-state index in [9.17, 15) is 0 Å². The molecule has 0 unspecified atom stereocenters. The van der Waals surface area contributed by atoms with Crippen LogP contribution in [0.2, 0.25) is 0 Å². The molecule has 1 rings (SSSR count). The first kappa shape index (κ1) is 9.65. The van der Waals surface area contributed by atoms with Gasteiger partial charge in [0.15, 0.2) is 0 Å². The number of hydrogen-bond acceptors (Lipinski definition) is 3. The third kappa shape index (κ3) is 1.66. The molecule has 0 aliphatic carbocycles. The molecular weight excluding hydrogens is 170 g/mol. The van der Waals surface area contributed by atoms with Crippen LogP contribution in [0.1, 0.15) is 32.1 Å². The first-order valence-corrected chi connectivity index (χ1v) is 5.20. The molecule has 0 aliphatic rings. The fourth-order valence-electron chi connectivity index (χ4n) is 1.21. The van der Waals surface area contributed by atoms with Gasteiger partial charge in [0, 0.05) is 11.0 Å². The molecule has 1 aromatic heterocycles. The van der Waals surface area contributed by atoms with Gasteiger partial charge in [0.05, 0.1) is 0 Å². The first-order chi connectivity index (χ1) is 5.46. The zero-order valence-electron chi connectivity index (χ0n) is 8.26. The van der Waals surface area contributed by atoms with Crippen LogP contribution in [-0.2, 0) is 5.41 Å². The van der Waals surface area contributed by atoms with Crippen molar-refractivity contribution in [2.45, 2.75) is 38.1 Å². The Morgan fingerprint density at radius 3 is 2.17 bits per heavy atom. The van der Waals surface area contributed by atoms with E-state index in [1.807, 2.05) is 6.26 Å². The third-order valence-electron chi connectivity index (χ3n) is 1.76. The summed E-state index contributed by atoms with van der Waals surface area (Å²) in [6.07, 6.45) is 2.01. The lowest BCUT2D eigenvalue weighted by molar-refractivity contribution is 0.321. The molecule has 0 N–H and O–H groups in total. The van der Waals surface area contributed by atoms with Crippen LogP contribution in [-0.4, -0.2) is 11.4 Å². The molecule has 2 nitrogen and oxygen atoms in total. The van der Waals surface area contributed by atoms with Crippen LogP contribution in [0.15, 0.2) is 9.55 Å². The highest BCUT2D eigenvalue weighted by Gasteiger charge is 2.23. The molecule has 0 amide bonds. The zero-order chi connectivity index (χ0) is 9.35. The van der Waals surface area contributed by atoms with Crippen molar-refractivity contribution in [3.8, 4) is 0 Å². The minimum absolute atomic E-state index is 0.0606. The van der Waals surface area contributed by atoms with Gasteiger partial charge in [0.1, 0.15) is 10.8 Å². The largest absolute Gasteiger partial charge is 0.359 e. The predicted octanol–water partition coefficient (Wildman–Crippen LogP) is 3.00. The van der Waals surface area contributed by atoms with Gasteiger partial charge in [-0.15, -0.1) is 11.8 Å². The van der Waals surface area contributed by atoms with Crippen molar-refractivity contribution < 1.29 is 4.52 Å². The normalized spacial score (nSPS) is 12.1. The molecule has 0 fully saturated rings. The summed E-state index contributed by atoms with van der Waals surface area (Å²) in [5.74, 6) is 0.992. The quantitative estimate of drug-likeness (QED) is 0.629. The summed E-state index contributed by atoms with van der Waals surface area (Å²) in [6.45, 7) is 8.45. The van der Waals surface area contributed by atoms with Gasteiger partial charge in [-0.05, 0) is 13.2 Å². The number of rotatable bonds is 1. The van der Waals surface area contributed by atoms with Gasteiger partial charge < -0.3 is 4.52 Å². The van der Waals surface area contributed by atoms with Crippen LogP contribution in [0.25, 0.3) is 0 Å². The predicted molar refractivity (Wildman–Crippen MR) is 51.7 cm³/mol. The second-order valence-corrected chi connectivity index (χ2v) is 4.69. The second-order valence-electron chi connectivity index (χ2n) is 3.90. The fraction of sp³-hybridized carbons (Fsp3) is 0.667. The van der Waals surface area contributed by atoms with Gasteiger partial charge in [-0.25, -0.2) is 0 Å². The topological polar surface area (TPSA) is 26.0 Å². The van der Waals surface area contributed by atoms with Crippen molar-refractivity contribution in [1.82, 2.24) is 5.16 Å². The average Bonchev–Trinajstić information content (AvgIpc) is 2.29. The average molecular weight is 185 g/mol. The Morgan fingerprint density at radius 1 is 1.33 bits per heavy atom. The lowest BCUT2D eigenvalue weighted by Crippen LogP contribution is -2.11. The molecular formula is C9H15NOS. The molecule has 0 saturated heterocycles. The van der Waals surface area contributed by atoms with E-state index in [1.165, 1.54) is 5.56 Å². The summed E-state index contributed by atoms with van der Waals surface area (Å²) in [5.41, 5.74) is 1.24. The van der Waals surface area contributed by atoms with Crippen molar-refractivity contribution in [3.05, 3.63) is 11.3 Å². The zero-order valence-corrected chi connectivity index (χ0v) is 9.08. The van der Waals surface area contributed by atoms with E-state index in [0.717, 1.165) is 10.8 Å². The Labute approximate surface area is 77.7 Å². The van der Waals surface area contributed by atoms with Crippen molar-refractivity contribution in [2.75, 3.05) is 6.26 Å². The standard InChI is InChI=1S/C9H15NOS/c1-6-7(9(2,3)4)11-10-8(6)12-5/h1-5H3. The Morgan fingerprint density at radius 2 is 1.92 bits per heavy atom. The molecule has 1 aromatic rings. The monoisotopic (exact) mass is 185 g/mol. The van der Waals surface area contributed by atoms with Gasteiger partial charge >= 0.3 is 0 Å². The number of aromatic nitrogens is 1. The SMILES string of the molecule is CSc1noc(C(C)(C)C)c1C. The minimum atomic E-state index is 0.0606. The van der Waals surface area contributed by atoms with Crippen LogP contribution < -0.4 is 0 Å². The molecule has 68 valence electrons. The van der Waals surface area contributed by atoms with Crippen LogP contribution in [0.4, 0.5) is 0 Å². The Hall–Kier alpha value is -0.440. The summed E-state index contributed by atoms with van der Waals surface area (Å²) >= 11 is 1.63. The smallest absolute Gasteiger partial charge is 0.146 e. The third-order valence-corrected chi connectivity index (χ3v) is 2.52. The molecule has 0 saturated carbocycles. The van der Waals surface area contributed by atoms with E-state index in [2.05, 4.69) is 32.9 Å². The van der Waals surface area contributed by atoms with E-state index in [1.54, 1.807) is 11.8 Å². The summed E-state index contributed by atoms with van der Waals surface area (Å²) in [5, 5.41) is 4.99. The van der Waals surface area contributed by atoms with Crippen LogP contribution in [0.3, 0.4) is 0 Å². The number of thioether (sulfide) groups is 1. The minimum Gasteiger partial charge on any atom is -0.359 e. The Kier molecular flexibility index (Phi) is 2.52. The number of hydrogen-bond donors (Lipinski definition) is 0. The summed E-state index contributed by atoms with van der Waals surface area (Å²) in [6, 6.07) is 0. The summed E-state index contributed by atoms with van der Waals surface area (Å²) < 4.78 is 5.28. The lowest BCUT2D eigenvalue weighted by atomic mass is 9.91. The van der Waals surface area contributed by atoms with Gasteiger partial charge in [-0.2, -0.15) is 0 Å². The van der Waals surface area contributed by atoms with Crippen molar-refractivity contribution >= 4 is 11.8 Å². The summed E-state index contributed by atoms with van der Waals surface area (Å²) in [4.78, 5) is 0. The first-order valence-electron chi connectivity index (χ1n) is 3.97. The van der Waals surface area contributed by atoms with Gasteiger partial charge in [-0.1, -0.05) is 25.9 Å². The van der Waals surface area contributed by atoms with Crippen LogP contribution in [0.5, 0.6) is 0 Å². The molecule has 0 aliphatic heterocycles. The van der Waals surface area contributed by atoms with Crippen LogP contribution >= 0.6 is 11.8 Å². The highest BCUT2D eigenvalue weighted by atomic mass is 32.2. The maximum atomic E-state index is 5.28. The van der Waals surface area contributed by atoms with Crippen LogP contribution in [0, 0.1) is 6.92 Å². The van der Waals surface area contributed by atoms with Gasteiger partial charge in [0.2, 0.25) is 0 Å². The molecule has 0 spiro atoms. The van der Waals surface area contributed by atoms with Gasteiger partial charge in [-0.3, -0.25) is 0 Å². The highest BCUT2D eigenvalue weighted by molar-refractivity contribution is 7.98.